The first-order valence-electron chi connectivity index (χ1n) is 9.53. The number of pyridine rings is 1. The highest BCUT2D eigenvalue weighted by atomic mass is 16.4. The molecular weight excluding hydrogens is 330 g/mol. The molecule has 0 unspecified atom stereocenters. The van der Waals surface area contributed by atoms with Gasteiger partial charge in [-0.2, -0.15) is 0 Å². The van der Waals surface area contributed by atoms with Gasteiger partial charge in [-0.25, -0.2) is 0 Å². The van der Waals surface area contributed by atoms with E-state index in [0.717, 1.165) is 57.4 Å². The Balaban J connectivity index is 1.30. The molecule has 1 amide bonds. The average Bonchev–Trinajstić information content (AvgIpc) is 3.20. The third-order valence-corrected chi connectivity index (χ3v) is 5.35. The van der Waals surface area contributed by atoms with Crippen LogP contribution in [0, 0.1) is 0 Å². The summed E-state index contributed by atoms with van der Waals surface area (Å²) in [5.74, 6) is 1.77. The summed E-state index contributed by atoms with van der Waals surface area (Å²) < 4.78 is 5.86. The molecule has 7 nitrogen and oxygen atoms in total. The van der Waals surface area contributed by atoms with Crippen LogP contribution in [0.4, 0.5) is 0 Å². The molecule has 0 saturated carbocycles. The summed E-state index contributed by atoms with van der Waals surface area (Å²) in [5, 5.41) is 8.40. The van der Waals surface area contributed by atoms with Crippen molar-refractivity contribution in [2.75, 3.05) is 32.7 Å². The van der Waals surface area contributed by atoms with Gasteiger partial charge in [0.05, 0.1) is 12.1 Å². The Bertz CT molecular complexity index is 719. The van der Waals surface area contributed by atoms with Crippen molar-refractivity contribution in [2.45, 2.75) is 38.0 Å². The second kappa shape index (κ2) is 7.95. The van der Waals surface area contributed by atoms with Gasteiger partial charge < -0.3 is 9.32 Å². The van der Waals surface area contributed by atoms with Crippen molar-refractivity contribution < 1.29 is 9.21 Å². The Hall–Kier alpha value is -2.28. The Labute approximate surface area is 153 Å². The Morgan fingerprint density at radius 3 is 2.65 bits per heavy atom. The lowest BCUT2D eigenvalue weighted by Gasteiger charge is -2.33. The minimum atomic E-state index is 0.272. The van der Waals surface area contributed by atoms with Gasteiger partial charge in [0.25, 0.3) is 0 Å². The zero-order chi connectivity index (χ0) is 17.8. The van der Waals surface area contributed by atoms with Gasteiger partial charge in [0.15, 0.2) is 0 Å². The minimum absolute atomic E-state index is 0.272. The third-order valence-electron chi connectivity index (χ3n) is 5.35. The molecule has 2 fully saturated rings. The first kappa shape index (κ1) is 17.1. The van der Waals surface area contributed by atoms with Gasteiger partial charge in [0.1, 0.15) is 0 Å². The van der Waals surface area contributed by atoms with E-state index in [1.807, 2.05) is 17.0 Å². The monoisotopic (exact) mass is 355 g/mol. The maximum Gasteiger partial charge on any atom is 0.249 e. The van der Waals surface area contributed by atoms with Gasteiger partial charge >= 0.3 is 0 Å². The van der Waals surface area contributed by atoms with Crippen LogP contribution in [0.2, 0.25) is 0 Å². The average molecular weight is 355 g/mol. The van der Waals surface area contributed by atoms with Crippen LogP contribution in [0.15, 0.2) is 28.9 Å². The number of piperidine rings is 2. The molecule has 2 aromatic heterocycles. The molecule has 2 aromatic rings. The van der Waals surface area contributed by atoms with Gasteiger partial charge in [-0.15, -0.1) is 10.2 Å². The number of aromatic nitrogens is 3. The third kappa shape index (κ3) is 3.93. The number of hydrogen-bond acceptors (Lipinski definition) is 6. The summed E-state index contributed by atoms with van der Waals surface area (Å²) >= 11 is 0. The number of carbonyl (C=O) groups excluding carboxylic acids is 1. The van der Waals surface area contributed by atoms with E-state index in [2.05, 4.69) is 20.1 Å². The van der Waals surface area contributed by atoms with Gasteiger partial charge in [-0.05, 0) is 57.3 Å². The molecule has 0 bridgehead atoms. The summed E-state index contributed by atoms with van der Waals surface area (Å²) in [6, 6.07) is 3.77. The lowest BCUT2D eigenvalue weighted by molar-refractivity contribution is -0.133. The summed E-state index contributed by atoms with van der Waals surface area (Å²) in [6.45, 7) is 4.18. The van der Waals surface area contributed by atoms with E-state index in [1.165, 1.54) is 6.42 Å². The molecular formula is C19H25N5O2. The smallest absolute Gasteiger partial charge is 0.249 e. The van der Waals surface area contributed by atoms with Crippen molar-refractivity contribution in [1.29, 1.82) is 0 Å². The molecule has 0 aliphatic carbocycles. The zero-order valence-electron chi connectivity index (χ0n) is 15.0. The predicted octanol–water partition coefficient (Wildman–Crippen LogP) is 2.32. The highest BCUT2D eigenvalue weighted by molar-refractivity contribution is 5.78. The number of carbonyl (C=O) groups is 1. The fraction of sp³-hybridized carbons (Fsp3) is 0.579. The standard InChI is InChI=1S/C19H25N5O2/c25-17(24-9-2-1-3-10-24)14-23-11-6-15(7-12-23)18-21-22-19(26-18)16-5-4-8-20-13-16/h4-5,8,13,15H,1-3,6-7,9-12,14H2. The number of nitrogens with zero attached hydrogens (tertiary/aromatic N) is 5. The van der Waals surface area contributed by atoms with Gasteiger partial charge in [0, 0.05) is 31.4 Å². The van der Waals surface area contributed by atoms with Crippen LogP contribution in [0.3, 0.4) is 0 Å². The molecule has 26 heavy (non-hydrogen) atoms. The maximum atomic E-state index is 12.4. The highest BCUT2D eigenvalue weighted by Crippen LogP contribution is 2.29. The molecule has 0 atom stereocenters. The molecule has 0 N–H and O–H groups in total. The van der Waals surface area contributed by atoms with Crippen molar-refractivity contribution >= 4 is 5.91 Å². The van der Waals surface area contributed by atoms with Crippen LogP contribution < -0.4 is 0 Å². The highest BCUT2D eigenvalue weighted by Gasteiger charge is 2.27. The van der Waals surface area contributed by atoms with Crippen molar-refractivity contribution in [3.8, 4) is 11.5 Å². The van der Waals surface area contributed by atoms with Crippen molar-refractivity contribution in [3.63, 3.8) is 0 Å². The van der Waals surface area contributed by atoms with E-state index < -0.39 is 0 Å². The normalized spacial score (nSPS) is 19.6. The number of likely N-dealkylation sites (tertiary alicyclic amines) is 2. The predicted molar refractivity (Wildman–Crippen MR) is 96.4 cm³/mol. The fourth-order valence-electron chi connectivity index (χ4n) is 3.78. The van der Waals surface area contributed by atoms with E-state index in [1.54, 1.807) is 12.4 Å². The summed E-state index contributed by atoms with van der Waals surface area (Å²) in [5.41, 5.74) is 0.843. The van der Waals surface area contributed by atoms with Crippen LogP contribution in [-0.2, 0) is 4.79 Å². The summed E-state index contributed by atoms with van der Waals surface area (Å²) in [4.78, 5) is 20.8. The van der Waals surface area contributed by atoms with Crippen LogP contribution in [-0.4, -0.2) is 63.6 Å². The summed E-state index contributed by atoms with van der Waals surface area (Å²) in [7, 11) is 0. The van der Waals surface area contributed by atoms with Crippen molar-refractivity contribution in [3.05, 3.63) is 30.4 Å². The van der Waals surface area contributed by atoms with E-state index in [-0.39, 0.29) is 11.8 Å². The van der Waals surface area contributed by atoms with Crippen LogP contribution in [0.1, 0.15) is 43.9 Å². The largest absolute Gasteiger partial charge is 0.420 e. The lowest BCUT2D eigenvalue weighted by Crippen LogP contribution is -2.44. The molecule has 2 aliphatic heterocycles. The molecule has 4 heterocycles. The van der Waals surface area contributed by atoms with E-state index in [4.69, 9.17) is 4.42 Å². The summed E-state index contributed by atoms with van der Waals surface area (Å²) in [6.07, 6.45) is 8.88. The first-order chi connectivity index (χ1) is 12.8. The number of rotatable bonds is 4. The minimum Gasteiger partial charge on any atom is -0.420 e. The number of hydrogen-bond donors (Lipinski definition) is 0. The molecule has 2 aliphatic rings. The second-order valence-electron chi connectivity index (χ2n) is 7.18. The van der Waals surface area contributed by atoms with Crippen LogP contribution >= 0.6 is 0 Å². The number of amides is 1. The van der Waals surface area contributed by atoms with Gasteiger partial charge in [-0.3, -0.25) is 14.7 Å². The molecule has 138 valence electrons. The quantitative estimate of drug-likeness (QED) is 0.838. The second-order valence-corrected chi connectivity index (χ2v) is 7.18. The van der Waals surface area contributed by atoms with Gasteiger partial charge in [0.2, 0.25) is 17.7 Å². The van der Waals surface area contributed by atoms with E-state index in [0.29, 0.717) is 18.3 Å². The molecule has 7 heteroatoms. The maximum absolute atomic E-state index is 12.4. The van der Waals surface area contributed by atoms with Crippen LogP contribution in [0.25, 0.3) is 11.5 Å². The molecule has 0 aromatic carbocycles. The molecule has 0 radical (unpaired) electrons. The van der Waals surface area contributed by atoms with E-state index >= 15 is 0 Å². The molecule has 0 spiro atoms. The van der Waals surface area contributed by atoms with E-state index in [9.17, 15) is 4.79 Å². The molecule has 4 rings (SSSR count). The fourth-order valence-corrected chi connectivity index (χ4v) is 3.78. The lowest BCUT2D eigenvalue weighted by atomic mass is 9.97. The zero-order valence-corrected chi connectivity index (χ0v) is 15.0. The van der Waals surface area contributed by atoms with Crippen molar-refractivity contribution in [2.24, 2.45) is 0 Å². The first-order valence-corrected chi connectivity index (χ1v) is 9.53. The topological polar surface area (TPSA) is 75.4 Å². The Morgan fingerprint density at radius 2 is 1.92 bits per heavy atom. The SMILES string of the molecule is O=C(CN1CCC(c2nnc(-c3cccnc3)o2)CC1)N1CCCCC1. The Morgan fingerprint density at radius 1 is 1.12 bits per heavy atom. The van der Waals surface area contributed by atoms with Gasteiger partial charge in [-0.1, -0.05) is 0 Å². The van der Waals surface area contributed by atoms with Crippen molar-refractivity contribution in [1.82, 2.24) is 25.0 Å². The van der Waals surface area contributed by atoms with Crippen LogP contribution in [0.5, 0.6) is 0 Å². The Kier molecular flexibility index (Phi) is 5.24. The molecule has 2 saturated heterocycles.